The second-order valence-electron chi connectivity index (χ2n) is 8.28. The molecule has 0 aromatic heterocycles. The first kappa shape index (κ1) is 19.3. The van der Waals surface area contributed by atoms with Crippen molar-refractivity contribution in [2.24, 2.45) is 0 Å². The van der Waals surface area contributed by atoms with Gasteiger partial charge in [0.15, 0.2) is 0 Å². The van der Waals surface area contributed by atoms with Gasteiger partial charge in [0, 0.05) is 58.9 Å². The summed E-state index contributed by atoms with van der Waals surface area (Å²) in [5.74, 6) is 0. The van der Waals surface area contributed by atoms with E-state index in [-0.39, 0.29) is 0 Å². The molecule has 4 rings (SSSR count). The van der Waals surface area contributed by atoms with Crippen LogP contribution in [-0.2, 0) is 22.6 Å². The molecule has 6 nitrogen and oxygen atoms in total. The Morgan fingerprint density at radius 3 is 2.07 bits per heavy atom. The predicted molar refractivity (Wildman–Crippen MR) is 105 cm³/mol. The molecule has 3 saturated heterocycles. The Morgan fingerprint density at radius 2 is 1.41 bits per heavy atom. The predicted octanol–water partition coefficient (Wildman–Crippen LogP) is 0.788. The van der Waals surface area contributed by atoms with Crippen LogP contribution in [0.25, 0.3) is 0 Å². The van der Waals surface area contributed by atoms with Crippen LogP contribution in [0.15, 0.2) is 24.3 Å². The maximum atomic E-state index is 11.0. The largest absolute Gasteiger partial charge is 0.387 e. The van der Waals surface area contributed by atoms with E-state index in [9.17, 15) is 5.11 Å². The molecular weight excluding hydrogens is 342 g/mol. The number of morpholine rings is 2. The quantitative estimate of drug-likeness (QED) is 0.793. The highest BCUT2D eigenvalue weighted by molar-refractivity contribution is 5.23. The molecular formula is C21H33N3O3. The van der Waals surface area contributed by atoms with Crippen LogP contribution in [0, 0.1) is 0 Å². The Morgan fingerprint density at radius 1 is 0.815 bits per heavy atom. The molecule has 3 fully saturated rings. The minimum absolute atomic E-state index is 0.581. The Bertz CT molecular complexity index is 602. The molecule has 1 N–H and O–H groups in total. The van der Waals surface area contributed by atoms with E-state index < -0.39 is 5.60 Å². The fourth-order valence-electron chi connectivity index (χ4n) is 4.48. The normalized spacial score (nSPS) is 28.6. The van der Waals surface area contributed by atoms with E-state index in [1.165, 1.54) is 11.1 Å². The molecule has 3 aliphatic rings. The maximum Gasteiger partial charge on any atom is 0.0912 e. The first-order valence-electron chi connectivity index (χ1n) is 10.3. The van der Waals surface area contributed by atoms with Crippen LogP contribution in [0.2, 0.25) is 0 Å². The zero-order valence-corrected chi connectivity index (χ0v) is 16.3. The molecule has 0 amide bonds. The molecule has 1 aromatic carbocycles. The molecule has 0 unspecified atom stereocenters. The van der Waals surface area contributed by atoms with Crippen LogP contribution >= 0.6 is 0 Å². The third kappa shape index (κ3) is 5.50. The topological polar surface area (TPSA) is 48.4 Å². The molecule has 0 aliphatic carbocycles. The smallest absolute Gasteiger partial charge is 0.0912 e. The molecule has 0 spiro atoms. The van der Waals surface area contributed by atoms with Crippen LogP contribution in [0.1, 0.15) is 17.5 Å². The summed E-state index contributed by atoms with van der Waals surface area (Å²) in [6.45, 7) is 11.6. The van der Waals surface area contributed by atoms with Gasteiger partial charge in [0.05, 0.1) is 32.0 Å². The van der Waals surface area contributed by atoms with E-state index in [0.717, 1.165) is 91.8 Å². The van der Waals surface area contributed by atoms with E-state index in [1.807, 2.05) is 0 Å². The highest BCUT2D eigenvalue weighted by Crippen LogP contribution is 2.25. The molecule has 3 aliphatic heterocycles. The van der Waals surface area contributed by atoms with Crippen molar-refractivity contribution in [2.75, 3.05) is 72.2 Å². The first-order chi connectivity index (χ1) is 13.2. The van der Waals surface area contributed by atoms with Gasteiger partial charge in [-0.25, -0.2) is 0 Å². The summed E-state index contributed by atoms with van der Waals surface area (Å²) in [4.78, 5) is 7.20. The number of ether oxygens (including phenoxy) is 2. The van der Waals surface area contributed by atoms with Crippen LogP contribution in [0.3, 0.4) is 0 Å². The van der Waals surface area contributed by atoms with Crippen molar-refractivity contribution < 1.29 is 14.6 Å². The molecule has 3 heterocycles. The van der Waals surface area contributed by atoms with Crippen molar-refractivity contribution in [1.29, 1.82) is 0 Å². The molecule has 150 valence electrons. The Balaban J connectivity index is 1.29. The zero-order chi connectivity index (χ0) is 18.5. The van der Waals surface area contributed by atoms with E-state index in [4.69, 9.17) is 9.47 Å². The van der Waals surface area contributed by atoms with Crippen molar-refractivity contribution >= 4 is 0 Å². The standard InChI is InChI=1S/C21H33N3O3/c25-21(17-23-8-12-27-13-9-23)4-5-24(18-21)16-20-3-1-2-19(14-20)15-22-6-10-26-11-7-22/h1-3,14,25H,4-13,15-18H2/t21-/m0/s1. The molecule has 1 aromatic rings. The SMILES string of the molecule is O[C@]1(CN2CCOCC2)CCN(Cc2cccc(CN3CCOCC3)c2)C1. The minimum atomic E-state index is -0.581. The van der Waals surface area contributed by atoms with Crippen LogP contribution < -0.4 is 0 Å². The number of β-amino-alcohol motifs (C(OH)–C–C–N with tert-alkyl or cyclic N) is 1. The van der Waals surface area contributed by atoms with Gasteiger partial charge in [0.2, 0.25) is 0 Å². The average Bonchev–Trinajstić information content (AvgIpc) is 3.04. The van der Waals surface area contributed by atoms with Gasteiger partial charge in [-0.3, -0.25) is 14.7 Å². The van der Waals surface area contributed by atoms with Gasteiger partial charge in [-0.2, -0.15) is 0 Å². The van der Waals surface area contributed by atoms with Crippen molar-refractivity contribution in [3.8, 4) is 0 Å². The van der Waals surface area contributed by atoms with Gasteiger partial charge in [-0.1, -0.05) is 24.3 Å². The lowest BCUT2D eigenvalue weighted by molar-refractivity contribution is -0.0266. The van der Waals surface area contributed by atoms with E-state index in [0.29, 0.717) is 0 Å². The number of hydrogen-bond acceptors (Lipinski definition) is 6. The lowest BCUT2D eigenvalue weighted by Gasteiger charge is -2.33. The van der Waals surface area contributed by atoms with E-state index >= 15 is 0 Å². The summed E-state index contributed by atoms with van der Waals surface area (Å²) in [6, 6.07) is 8.93. The molecule has 0 radical (unpaired) electrons. The van der Waals surface area contributed by atoms with Crippen LogP contribution in [0.5, 0.6) is 0 Å². The summed E-state index contributed by atoms with van der Waals surface area (Å²) in [5, 5.41) is 11.0. The van der Waals surface area contributed by atoms with E-state index in [2.05, 4.69) is 39.0 Å². The second-order valence-corrected chi connectivity index (χ2v) is 8.28. The molecule has 1 atom stereocenters. The fourth-order valence-corrected chi connectivity index (χ4v) is 4.48. The average molecular weight is 376 g/mol. The summed E-state index contributed by atoms with van der Waals surface area (Å²) in [6.07, 6.45) is 0.859. The van der Waals surface area contributed by atoms with Crippen LogP contribution in [-0.4, -0.2) is 97.6 Å². The van der Waals surface area contributed by atoms with Gasteiger partial charge >= 0.3 is 0 Å². The van der Waals surface area contributed by atoms with Crippen molar-refractivity contribution in [3.63, 3.8) is 0 Å². The van der Waals surface area contributed by atoms with Gasteiger partial charge in [-0.05, 0) is 17.5 Å². The van der Waals surface area contributed by atoms with Crippen molar-refractivity contribution in [1.82, 2.24) is 14.7 Å². The maximum absolute atomic E-state index is 11.0. The van der Waals surface area contributed by atoms with Crippen molar-refractivity contribution in [3.05, 3.63) is 35.4 Å². The third-order valence-corrected chi connectivity index (χ3v) is 5.94. The second kappa shape index (κ2) is 8.99. The summed E-state index contributed by atoms with van der Waals surface area (Å²) in [5.41, 5.74) is 2.14. The fraction of sp³-hybridized carbons (Fsp3) is 0.714. The van der Waals surface area contributed by atoms with Gasteiger partial charge < -0.3 is 14.6 Å². The molecule has 0 saturated carbocycles. The number of benzene rings is 1. The molecule has 6 heteroatoms. The number of rotatable bonds is 6. The highest BCUT2D eigenvalue weighted by atomic mass is 16.5. The van der Waals surface area contributed by atoms with Gasteiger partial charge in [0.25, 0.3) is 0 Å². The highest BCUT2D eigenvalue weighted by Gasteiger charge is 2.37. The van der Waals surface area contributed by atoms with Gasteiger partial charge in [-0.15, -0.1) is 0 Å². The Hall–Kier alpha value is -1.02. The zero-order valence-electron chi connectivity index (χ0n) is 16.3. The third-order valence-electron chi connectivity index (χ3n) is 5.94. The van der Waals surface area contributed by atoms with Gasteiger partial charge in [0.1, 0.15) is 0 Å². The molecule has 27 heavy (non-hydrogen) atoms. The Labute approximate surface area is 162 Å². The summed E-state index contributed by atoms with van der Waals surface area (Å²) in [7, 11) is 0. The number of nitrogens with zero attached hydrogens (tertiary/aromatic N) is 3. The summed E-state index contributed by atoms with van der Waals surface area (Å²) >= 11 is 0. The van der Waals surface area contributed by atoms with Crippen LogP contribution in [0.4, 0.5) is 0 Å². The lowest BCUT2D eigenvalue weighted by atomic mass is 10.0. The number of hydrogen-bond donors (Lipinski definition) is 1. The molecule has 0 bridgehead atoms. The Kier molecular flexibility index (Phi) is 6.42. The first-order valence-corrected chi connectivity index (χ1v) is 10.3. The number of aliphatic hydroxyl groups is 1. The van der Waals surface area contributed by atoms with Crippen molar-refractivity contribution in [2.45, 2.75) is 25.1 Å². The monoisotopic (exact) mass is 375 g/mol. The van der Waals surface area contributed by atoms with E-state index in [1.54, 1.807) is 0 Å². The minimum Gasteiger partial charge on any atom is -0.387 e. The lowest BCUT2D eigenvalue weighted by Crippen LogP contribution is -2.48. The summed E-state index contributed by atoms with van der Waals surface area (Å²) < 4.78 is 10.9. The number of likely N-dealkylation sites (tertiary alicyclic amines) is 1.